The number of anilines is 1. The number of aromatic nitrogens is 4. The maximum Gasteiger partial charge on any atom is 0.238 e. The molecule has 1 fully saturated rings. The van der Waals surface area contributed by atoms with E-state index in [0.29, 0.717) is 23.1 Å². The fourth-order valence-corrected chi connectivity index (χ4v) is 3.99. The highest BCUT2D eigenvalue weighted by Gasteiger charge is 2.52. The van der Waals surface area contributed by atoms with Crippen molar-refractivity contribution in [1.29, 1.82) is 0 Å². The summed E-state index contributed by atoms with van der Waals surface area (Å²) in [4.78, 5) is 17.4. The highest BCUT2D eigenvalue weighted by atomic mass is 16.5. The van der Waals surface area contributed by atoms with Gasteiger partial charge in [0, 0.05) is 23.0 Å². The maximum atomic E-state index is 13.1. The largest absolute Gasteiger partial charge is 0.496 e. The van der Waals surface area contributed by atoms with Crippen molar-refractivity contribution in [3.8, 4) is 23.2 Å². The number of ether oxygens (including phenoxy) is 2. The van der Waals surface area contributed by atoms with Crippen molar-refractivity contribution >= 4 is 11.6 Å². The van der Waals surface area contributed by atoms with Crippen molar-refractivity contribution < 1.29 is 14.3 Å². The molecule has 0 bridgehead atoms. The molecular formula is C26H25N5O3. The molecule has 4 aromatic rings. The van der Waals surface area contributed by atoms with Crippen LogP contribution in [0, 0.1) is 13.8 Å². The molecule has 172 valence electrons. The van der Waals surface area contributed by atoms with Crippen molar-refractivity contribution in [1.82, 2.24) is 19.7 Å². The van der Waals surface area contributed by atoms with E-state index in [9.17, 15) is 4.79 Å². The van der Waals surface area contributed by atoms with E-state index in [1.807, 2.05) is 60.9 Å². The van der Waals surface area contributed by atoms with Gasteiger partial charge in [-0.25, -0.2) is 4.98 Å². The predicted octanol–water partition coefficient (Wildman–Crippen LogP) is 4.75. The predicted molar refractivity (Wildman–Crippen MR) is 128 cm³/mol. The normalized spacial score (nSPS) is 13.9. The molecule has 0 spiro atoms. The number of carbonyl (C=O) groups is 1. The molecule has 1 N–H and O–H groups in total. The fourth-order valence-electron chi connectivity index (χ4n) is 3.99. The Labute approximate surface area is 197 Å². The number of methoxy groups -OCH3 is 1. The quantitative estimate of drug-likeness (QED) is 0.432. The summed E-state index contributed by atoms with van der Waals surface area (Å²) in [6, 6.07) is 18.5. The molecule has 8 nitrogen and oxygen atoms in total. The van der Waals surface area contributed by atoms with Gasteiger partial charge in [-0.3, -0.25) is 9.36 Å². The summed E-state index contributed by atoms with van der Waals surface area (Å²) in [5.74, 6) is 2.36. The minimum Gasteiger partial charge on any atom is -0.496 e. The van der Waals surface area contributed by atoms with Crippen LogP contribution in [0.4, 0.5) is 5.69 Å². The van der Waals surface area contributed by atoms with E-state index in [2.05, 4.69) is 20.5 Å². The van der Waals surface area contributed by atoms with Crippen LogP contribution < -0.4 is 14.8 Å². The van der Waals surface area contributed by atoms with Gasteiger partial charge in [0.2, 0.25) is 11.8 Å². The first kappa shape index (κ1) is 21.6. The molecule has 1 aliphatic rings. The minimum atomic E-state index is -0.536. The van der Waals surface area contributed by atoms with Crippen LogP contribution in [0.5, 0.6) is 17.4 Å². The Kier molecular flexibility index (Phi) is 5.49. The molecule has 0 saturated heterocycles. The molecule has 1 amide bonds. The standard InChI is InChI=1S/C26H25N5O3/c1-17-18(2)31(16-27-17)23-12-13-24(30-29-23)34-20-10-8-19(9-11-20)28-25(32)26(14-15-26)21-6-4-5-7-22(21)33-3/h4-13,16H,14-15H2,1-3H3,(H,28,32). The molecular weight excluding hydrogens is 430 g/mol. The Bertz CT molecular complexity index is 1330. The number of aryl methyl sites for hydroxylation is 1. The van der Waals surface area contributed by atoms with Crippen molar-refractivity contribution in [3.05, 3.63) is 83.9 Å². The summed E-state index contributed by atoms with van der Waals surface area (Å²) in [6.45, 7) is 3.93. The summed E-state index contributed by atoms with van der Waals surface area (Å²) >= 11 is 0. The van der Waals surface area contributed by atoms with Crippen molar-refractivity contribution in [2.75, 3.05) is 12.4 Å². The van der Waals surface area contributed by atoms with Crippen LogP contribution in [0.3, 0.4) is 0 Å². The van der Waals surface area contributed by atoms with Gasteiger partial charge in [-0.2, -0.15) is 0 Å². The van der Waals surface area contributed by atoms with E-state index < -0.39 is 5.41 Å². The zero-order valence-corrected chi connectivity index (χ0v) is 19.3. The molecule has 2 aromatic heterocycles. The molecule has 8 heteroatoms. The molecule has 1 saturated carbocycles. The van der Waals surface area contributed by atoms with Gasteiger partial charge in [0.1, 0.15) is 17.8 Å². The van der Waals surface area contributed by atoms with Crippen LogP contribution in [0.15, 0.2) is 67.0 Å². The number of hydrogen-bond donors (Lipinski definition) is 1. The summed E-state index contributed by atoms with van der Waals surface area (Å²) in [5, 5.41) is 11.4. The van der Waals surface area contributed by atoms with Crippen LogP contribution in [0.25, 0.3) is 5.82 Å². The number of nitrogens with zero attached hydrogens (tertiary/aromatic N) is 4. The van der Waals surface area contributed by atoms with Crippen LogP contribution in [-0.4, -0.2) is 32.8 Å². The lowest BCUT2D eigenvalue weighted by atomic mass is 9.94. The molecule has 5 rings (SSSR count). The fraction of sp³-hybridized carbons (Fsp3) is 0.231. The van der Waals surface area contributed by atoms with E-state index >= 15 is 0 Å². The molecule has 2 heterocycles. The van der Waals surface area contributed by atoms with E-state index in [-0.39, 0.29) is 5.91 Å². The average molecular weight is 456 g/mol. The van der Waals surface area contributed by atoms with Crippen LogP contribution in [0.1, 0.15) is 29.8 Å². The van der Waals surface area contributed by atoms with Crippen molar-refractivity contribution in [2.45, 2.75) is 32.1 Å². The minimum absolute atomic E-state index is 0.0304. The van der Waals surface area contributed by atoms with Gasteiger partial charge in [-0.15, -0.1) is 10.2 Å². The lowest BCUT2D eigenvalue weighted by Gasteiger charge is -2.18. The highest BCUT2D eigenvalue weighted by molar-refractivity contribution is 6.01. The Balaban J connectivity index is 1.25. The van der Waals surface area contributed by atoms with E-state index in [0.717, 1.165) is 35.5 Å². The third-order valence-corrected chi connectivity index (χ3v) is 6.27. The Morgan fingerprint density at radius 2 is 1.76 bits per heavy atom. The van der Waals surface area contributed by atoms with Gasteiger partial charge < -0.3 is 14.8 Å². The number of carbonyl (C=O) groups excluding carboxylic acids is 1. The molecule has 0 radical (unpaired) electrons. The first-order chi connectivity index (χ1) is 16.5. The third kappa shape index (κ3) is 3.98. The number of hydrogen-bond acceptors (Lipinski definition) is 6. The number of amides is 1. The molecule has 0 unspecified atom stereocenters. The highest BCUT2D eigenvalue weighted by Crippen LogP contribution is 2.52. The Morgan fingerprint density at radius 1 is 1.00 bits per heavy atom. The first-order valence-corrected chi connectivity index (χ1v) is 11.1. The first-order valence-electron chi connectivity index (χ1n) is 11.1. The summed E-state index contributed by atoms with van der Waals surface area (Å²) in [5.41, 5.74) is 3.05. The van der Waals surface area contributed by atoms with Gasteiger partial charge >= 0.3 is 0 Å². The number of para-hydroxylation sites is 1. The van der Waals surface area contributed by atoms with E-state index in [4.69, 9.17) is 9.47 Å². The van der Waals surface area contributed by atoms with Crippen LogP contribution in [0.2, 0.25) is 0 Å². The third-order valence-electron chi connectivity index (χ3n) is 6.27. The summed E-state index contributed by atoms with van der Waals surface area (Å²) in [6.07, 6.45) is 3.32. The Morgan fingerprint density at radius 3 is 2.38 bits per heavy atom. The van der Waals surface area contributed by atoms with Crippen LogP contribution >= 0.6 is 0 Å². The number of imidazole rings is 1. The second-order valence-electron chi connectivity index (χ2n) is 8.38. The van der Waals surface area contributed by atoms with E-state index in [1.165, 1.54) is 0 Å². The van der Waals surface area contributed by atoms with E-state index in [1.54, 1.807) is 31.6 Å². The van der Waals surface area contributed by atoms with Gasteiger partial charge in [0.15, 0.2) is 5.82 Å². The second-order valence-corrected chi connectivity index (χ2v) is 8.38. The Hall–Kier alpha value is -4.20. The topological polar surface area (TPSA) is 91.2 Å². The van der Waals surface area contributed by atoms with Gasteiger partial charge in [-0.1, -0.05) is 18.2 Å². The SMILES string of the molecule is COc1ccccc1C1(C(=O)Nc2ccc(Oc3ccc(-n4cnc(C)c4C)nn3)cc2)CC1. The van der Waals surface area contributed by atoms with Gasteiger partial charge in [0.25, 0.3) is 0 Å². The zero-order valence-electron chi connectivity index (χ0n) is 19.3. The average Bonchev–Trinajstić information content (AvgIpc) is 3.61. The van der Waals surface area contributed by atoms with Gasteiger partial charge in [0.05, 0.1) is 18.2 Å². The monoisotopic (exact) mass is 455 g/mol. The van der Waals surface area contributed by atoms with Crippen molar-refractivity contribution in [2.24, 2.45) is 0 Å². The van der Waals surface area contributed by atoms with Gasteiger partial charge in [-0.05, 0) is 63.1 Å². The summed E-state index contributed by atoms with van der Waals surface area (Å²) in [7, 11) is 1.63. The second kappa shape index (κ2) is 8.62. The number of nitrogens with one attached hydrogen (secondary N) is 1. The summed E-state index contributed by atoms with van der Waals surface area (Å²) < 4.78 is 13.2. The lowest BCUT2D eigenvalue weighted by molar-refractivity contribution is -0.118. The zero-order chi connectivity index (χ0) is 23.7. The maximum absolute atomic E-state index is 13.1. The smallest absolute Gasteiger partial charge is 0.238 e. The molecule has 0 aliphatic heterocycles. The molecule has 34 heavy (non-hydrogen) atoms. The molecule has 2 aromatic carbocycles. The lowest BCUT2D eigenvalue weighted by Crippen LogP contribution is -2.28. The van der Waals surface area contributed by atoms with Crippen molar-refractivity contribution in [3.63, 3.8) is 0 Å². The molecule has 0 atom stereocenters. The number of rotatable bonds is 7. The number of benzene rings is 2. The molecule has 1 aliphatic carbocycles. The van der Waals surface area contributed by atoms with Crippen LogP contribution in [-0.2, 0) is 10.2 Å².